The van der Waals surface area contributed by atoms with E-state index < -0.39 is 0 Å². The Morgan fingerprint density at radius 3 is 2.63 bits per heavy atom. The molecule has 0 radical (unpaired) electrons. The van der Waals surface area contributed by atoms with Crippen molar-refractivity contribution in [3.05, 3.63) is 23.8 Å². The van der Waals surface area contributed by atoms with Crippen LogP contribution in [0.2, 0.25) is 0 Å². The quantitative estimate of drug-likeness (QED) is 0.819. The molecule has 1 aromatic rings. The fourth-order valence-corrected chi connectivity index (χ4v) is 2.28. The highest BCUT2D eigenvalue weighted by atomic mass is 16.6. The van der Waals surface area contributed by atoms with Gasteiger partial charge in [-0.05, 0) is 30.0 Å². The fraction of sp³-hybridized carbons (Fsp3) is 0.600. The maximum Gasteiger partial charge on any atom is 0.161 e. The van der Waals surface area contributed by atoms with Crippen LogP contribution in [0.25, 0.3) is 0 Å². The lowest BCUT2D eigenvalue weighted by Crippen LogP contribution is -2.38. The predicted octanol–water partition coefficient (Wildman–Crippen LogP) is 1.57. The molecule has 1 aliphatic rings. The minimum atomic E-state index is 0.436. The van der Waals surface area contributed by atoms with Gasteiger partial charge in [-0.25, -0.2) is 0 Å². The second-order valence-electron chi connectivity index (χ2n) is 5.28. The van der Waals surface area contributed by atoms with Gasteiger partial charge in [0.05, 0.1) is 0 Å². The topological polar surface area (TPSA) is 56.5 Å². The Bertz CT molecular complexity index is 407. The fourth-order valence-electron chi connectivity index (χ4n) is 2.28. The van der Waals surface area contributed by atoms with Gasteiger partial charge in [0.2, 0.25) is 0 Å². The van der Waals surface area contributed by atoms with Crippen LogP contribution >= 0.6 is 0 Å². The van der Waals surface area contributed by atoms with E-state index >= 15 is 0 Å². The van der Waals surface area contributed by atoms with E-state index in [2.05, 4.69) is 31.3 Å². The Morgan fingerprint density at radius 2 is 1.95 bits per heavy atom. The third kappa shape index (κ3) is 3.85. The molecule has 3 N–H and O–H groups in total. The summed E-state index contributed by atoms with van der Waals surface area (Å²) in [5.41, 5.74) is 6.83. The van der Waals surface area contributed by atoms with Crippen LogP contribution in [0.15, 0.2) is 18.2 Å². The Hall–Kier alpha value is -1.26. The summed E-state index contributed by atoms with van der Waals surface area (Å²) in [4.78, 5) is 0. The van der Waals surface area contributed by atoms with Gasteiger partial charge in [0.25, 0.3) is 0 Å². The summed E-state index contributed by atoms with van der Waals surface area (Å²) in [7, 11) is 0. The standard InChI is InChI=1S/C15H24N2O2/c1-11(2)13(17-6-5-16)9-12-3-4-14-15(10-12)19-8-7-18-14/h3-4,10-11,13,17H,5-9,16H2,1-2H3. The summed E-state index contributed by atoms with van der Waals surface area (Å²) in [5, 5.41) is 3.50. The lowest BCUT2D eigenvalue weighted by Gasteiger charge is -2.24. The number of hydrogen-bond acceptors (Lipinski definition) is 4. The summed E-state index contributed by atoms with van der Waals surface area (Å²) >= 11 is 0. The van der Waals surface area contributed by atoms with Crippen molar-refractivity contribution in [2.24, 2.45) is 11.7 Å². The van der Waals surface area contributed by atoms with E-state index in [1.165, 1.54) is 5.56 Å². The van der Waals surface area contributed by atoms with Crippen LogP contribution in [-0.4, -0.2) is 32.3 Å². The Labute approximate surface area is 115 Å². The summed E-state index contributed by atoms with van der Waals surface area (Å²) in [6.07, 6.45) is 0.980. The third-order valence-electron chi connectivity index (χ3n) is 3.42. The van der Waals surface area contributed by atoms with Gasteiger partial charge in [0, 0.05) is 19.1 Å². The molecular formula is C15H24N2O2. The second-order valence-corrected chi connectivity index (χ2v) is 5.28. The van der Waals surface area contributed by atoms with Crippen molar-refractivity contribution in [1.29, 1.82) is 0 Å². The summed E-state index contributed by atoms with van der Waals surface area (Å²) in [6.45, 7) is 7.25. The largest absolute Gasteiger partial charge is 0.486 e. The normalized spacial score (nSPS) is 15.6. The van der Waals surface area contributed by atoms with Gasteiger partial charge in [-0.2, -0.15) is 0 Å². The zero-order valence-corrected chi connectivity index (χ0v) is 11.8. The third-order valence-corrected chi connectivity index (χ3v) is 3.42. The lowest BCUT2D eigenvalue weighted by atomic mass is 9.96. The molecule has 106 valence electrons. The molecule has 1 heterocycles. The van der Waals surface area contributed by atoms with Gasteiger partial charge >= 0.3 is 0 Å². The maximum atomic E-state index is 5.62. The first-order valence-corrected chi connectivity index (χ1v) is 7.02. The average molecular weight is 264 g/mol. The number of benzene rings is 1. The summed E-state index contributed by atoms with van der Waals surface area (Å²) in [5.74, 6) is 2.29. The molecule has 2 rings (SSSR count). The predicted molar refractivity (Wildman–Crippen MR) is 76.8 cm³/mol. The van der Waals surface area contributed by atoms with E-state index in [1.807, 2.05) is 6.07 Å². The molecule has 0 aliphatic carbocycles. The number of rotatable bonds is 6. The van der Waals surface area contributed by atoms with Crippen molar-refractivity contribution >= 4 is 0 Å². The molecule has 1 aliphatic heterocycles. The zero-order valence-electron chi connectivity index (χ0n) is 11.8. The van der Waals surface area contributed by atoms with Gasteiger partial charge in [-0.3, -0.25) is 0 Å². The minimum absolute atomic E-state index is 0.436. The highest BCUT2D eigenvalue weighted by Crippen LogP contribution is 2.31. The van der Waals surface area contributed by atoms with E-state index in [-0.39, 0.29) is 0 Å². The molecule has 19 heavy (non-hydrogen) atoms. The second kappa shape index (κ2) is 6.78. The molecule has 4 heteroatoms. The van der Waals surface area contributed by atoms with E-state index in [9.17, 15) is 0 Å². The Balaban J connectivity index is 2.04. The van der Waals surface area contributed by atoms with Crippen molar-refractivity contribution in [1.82, 2.24) is 5.32 Å². The van der Waals surface area contributed by atoms with Crippen LogP contribution in [0, 0.1) is 5.92 Å². The number of ether oxygens (including phenoxy) is 2. The molecule has 0 aromatic heterocycles. The van der Waals surface area contributed by atoms with E-state index in [0.29, 0.717) is 31.7 Å². The average Bonchev–Trinajstić information content (AvgIpc) is 2.43. The summed E-state index contributed by atoms with van der Waals surface area (Å²) in [6, 6.07) is 6.65. The van der Waals surface area contributed by atoms with E-state index in [1.54, 1.807) is 0 Å². The molecule has 0 saturated heterocycles. The first-order chi connectivity index (χ1) is 9.20. The van der Waals surface area contributed by atoms with Crippen molar-refractivity contribution in [3.8, 4) is 11.5 Å². The molecule has 1 aromatic carbocycles. The van der Waals surface area contributed by atoms with Gasteiger partial charge in [-0.1, -0.05) is 19.9 Å². The first kappa shape index (κ1) is 14.2. The highest BCUT2D eigenvalue weighted by Gasteiger charge is 2.16. The number of hydrogen-bond donors (Lipinski definition) is 2. The number of nitrogens with one attached hydrogen (secondary N) is 1. The molecule has 4 nitrogen and oxygen atoms in total. The van der Waals surface area contributed by atoms with E-state index in [0.717, 1.165) is 24.5 Å². The SMILES string of the molecule is CC(C)C(Cc1ccc2c(c1)OCCO2)NCCN. The maximum absolute atomic E-state index is 5.62. The van der Waals surface area contributed by atoms with E-state index in [4.69, 9.17) is 15.2 Å². The molecular weight excluding hydrogens is 240 g/mol. The van der Waals surface area contributed by atoms with Crippen LogP contribution < -0.4 is 20.5 Å². The zero-order chi connectivity index (χ0) is 13.7. The van der Waals surface area contributed by atoms with Crippen LogP contribution in [-0.2, 0) is 6.42 Å². The molecule has 0 spiro atoms. The monoisotopic (exact) mass is 264 g/mol. The molecule has 1 atom stereocenters. The molecule has 0 fully saturated rings. The smallest absolute Gasteiger partial charge is 0.161 e. The highest BCUT2D eigenvalue weighted by molar-refractivity contribution is 5.44. The van der Waals surface area contributed by atoms with Crippen LogP contribution in [0.3, 0.4) is 0 Å². The lowest BCUT2D eigenvalue weighted by molar-refractivity contribution is 0.171. The minimum Gasteiger partial charge on any atom is -0.486 e. The van der Waals surface area contributed by atoms with Crippen molar-refractivity contribution in [2.45, 2.75) is 26.3 Å². The molecule has 0 saturated carbocycles. The molecule has 1 unspecified atom stereocenters. The van der Waals surface area contributed by atoms with Gasteiger partial charge in [-0.15, -0.1) is 0 Å². The number of fused-ring (bicyclic) bond motifs is 1. The van der Waals surface area contributed by atoms with Gasteiger partial charge < -0.3 is 20.5 Å². The van der Waals surface area contributed by atoms with Crippen LogP contribution in [0.1, 0.15) is 19.4 Å². The van der Waals surface area contributed by atoms with Crippen molar-refractivity contribution in [2.75, 3.05) is 26.3 Å². The van der Waals surface area contributed by atoms with Crippen molar-refractivity contribution in [3.63, 3.8) is 0 Å². The van der Waals surface area contributed by atoms with Gasteiger partial charge in [0.1, 0.15) is 13.2 Å². The summed E-state index contributed by atoms with van der Waals surface area (Å²) < 4.78 is 11.2. The Kier molecular flexibility index (Phi) is 5.05. The number of nitrogens with two attached hydrogens (primary N) is 1. The molecule has 0 bridgehead atoms. The molecule has 0 amide bonds. The van der Waals surface area contributed by atoms with Gasteiger partial charge in [0.15, 0.2) is 11.5 Å². The van der Waals surface area contributed by atoms with Crippen LogP contribution in [0.4, 0.5) is 0 Å². The van der Waals surface area contributed by atoms with Crippen molar-refractivity contribution < 1.29 is 9.47 Å². The Morgan fingerprint density at radius 1 is 1.21 bits per heavy atom. The first-order valence-electron chi connectivity index (χ1n) is 7.02. The van der Waals surface area contributed by atoms with Crippen LogP contribution in [0.5, 0.6) is 11.5 Å².